The lowest BCUT2D eigenvalue weighted by Gasteiger charge is -2.22. The minimum Gasteiger partial charge on any atom is -0.335 e. The van der Waals surface area contributed by atoms with Crippen LogP contribution in [0, 0.1) is 19.3 Å². The Kier molecular flexibility index (Phi) is 3.36. The summed E-state index contributed by atoms with van der Waals surface area (Å²) in [5, 5.41) is 5.94. The van der Waals surface area contributed by atoms with Crippen molar-refractivity contribution in [1.29, 1.82) is 0 Å². The van der Waals surface area contributed by atoms with E-state index in [0.717, 1.165) is 12.0 Å². The second kappa shape index (κ2) is 5.04. The van der Waals surface area contributed by atoms with Crippen LogP contribution in [0.4, 0.5) is 10.6 Å². The normalized spacial score (nSPS) is 23.4. The first-order chi connectivity index (χ1) is 9.59. The Balaban J connectivity index is 1.57. The number of rotatable bonds is 2. The molecule has 0 saturated heterocycles. The van der Waals surface area contributed by atoms with Crippen LogP contribution in [0.15, 0.2) is 6.20 Å². The van der Waals surface area contributed by atoms with Crippen molar-refractivity contribution < 1.29 is 4.79 Å². The number of aromatic nitrogens is 2. The third-order valence-electron chi connectivity index (χ3n) is 4.67. The summed E-state index contributed by atoms with van der Waals surface area (Å²) in [5.41, 5.74) is 1.29. The molecule has 2 fully saturated rings. The number of nitrogens with zero attached hydrogens (tertiary/aromatic N) is 2. The van der Waals surface area contributed by atoms with Gasteiger partial charge in [0.2, 0.25) is 0 Å². The molecule has 108 valence electrons. The molecule has 2 amide bonds. The summed E-state index contributed by atoms with van der Waals surface area (Å²) in [4.78, 5) is 20.4. The molecule has 3 rings (SSSR count). The van der Waals surface area contributed by atoms with Crippen LogP contribution in [0.25, 0.3) is 0 Å². The van der Waals surface area contributed by atoms with Crippen molar-refractivity contribution in [2.45, 2.75) is 58.4 Å². The van der Waals surface area contributed by atoms with Gasteiger partial charge in [-0.05, 0) is 38.5 Å². The molecule has 1 aromatic rings. The molecule has 1 spiro atoms. The predicted octanol–water partition coefficient (Wildman–Crippen LogP) is 2.94. The van der Waals surface area contributed by atoms with Crippen LogP contribution < -0.4 is 10.6 Å². The van der Waals surface area contributed by atoms with E-state index in [4.69, 9.17) is 0 Å². The lowest BCUT2D eigenvalue weighted by molar-refractivity contribution is 0.246. The Morgan fingerprint density at radius 2 is 2.05 bits per heavy atom. The highest BCUT2D eigenvalue weighted by Gasteiger charge is 2.54. The monoisotopic (exact) mass is 274 g/mol. The summed E-state index contributed by atoms with van der Waals surface area (Å²) in [6, 6.07) is 0.213. The molecule has 1 aromatic heterocycles. The van der Waals surface area contributed by atoms with Gasteiger partial charge in [0.05, 0.1) is 0 Å². The van der Waals surface area contributed by atoms with Gasteiger partial charge >= 0.3 is 6.03 Å². The third-order valence-corrected chi connectivity index (χ3v) is 4.67. The van der Waals surface area contributed by atoms with Gasteiger partial charge in [0.25, 0.3) is 0 Å². The van der Waals surface area contributed by atoms with Crippen molar-refractivity contribution in [2.75, 3.05) is 5.32 Å². The van der Waals surface area contributed by atoms with E-state index in [9.17, 15) is 4.79 Å². The first-order valence-corrected chi connectivity index (χ1v) is 7.47. The molecule has 0 bridgehead atoms. The molecule has 20 heavy (non-hydrogen) atoms. The zero-order valence-corrected chi connectivity index (χ0v) is 12.2. The van der Waals surface area contributed by atoms with Crippen molar-refractivity contribution in [3.8, 4) is 0 Å². The van der Waals surface area contributed by atoms with Gasteiger partial charge in [-0.3, -0.25) is 5.32 Å². The number of amides is 2. The van der Waals surface area contributed by atoms with Crippen molar-refractivity contribution in [2.24, 2.45) is 5.41 Å². The second-order valence-corrected chi connectivity index (χ2v) is 6.23. The van der Waals surface area contributed by atoms with Crippen molar-refractivity contribution in [3.63, 3.8) is 0 Å². The van der Waals surface area contributed by atoms with Crippen LogP contribution >= 0.6 is 0 Å². The highest BCUT2D eigenvalue weighted by molar-refractivity contribution is 5.89. The Bertz CT molecular complexity index is 523. The van der Waals surface area contributed by atoms with Gasteiger partial charge in [-0.15, -0.1) is 0 Å². The van der Waals surface area contributed by atoms with Gasteiger partial charge in [-0.25, -0.2) is 14.8 Å². The van der Waals surface area contributed by atoms with Gasteiger partial charge < -0.3 is 5.32 Å². The molecule has 2 N–H and O–H groups in total. The van der Waals surface area contributed by atoms with Crippen molar-refractivity contribution in [3.05, 3.63) is 17.6 Å². The number of hydrogen-bond acceptors (Lipinski definition) is 3. The fraction of sp³-hybridized carbons (Fsp3) is 0.667. The lowest BCUT2D eigenvalue weighted by atomic mass is 9.86. The predicted molar refractivity (Wildman–Crippen MR) is 77.6 cm³/mol. The molecule has 0 aromatic carbocycles. The summed E-state index contributed by atoms with van der Waals surface area (Å²) in [6.45, 7) is 3.72. The average molecular weight is 274 g/mol. The van der Waals surface area contributed by atoms with E-state index in [1.807, 2.05) is 13.8 Å². The fourth-order valence-electron chi connectivity index (χ4n) is 3.32. The maximum absolute atomic E-state index is 12.1. The molecule has 0 radical (unpaired) electrons. The molecule has 5 nitrogen and oxygen atoms in total. The number of carbonyl (C=O) groups excluding carboxylic acids is 1. The standard InChI is InChI=1S/C15H22N4O/c1-10-9-16-11(2)17-13(10)19-14(20)18-12-8-15(12)6-4-3-5-7-15/h9,12H,3-8H2,1-2H3,(H2,16,17,18,19,20). The molecule has 0 aliphatic heterocycles. The molecule has 5 heteroatoms. The number of nitrogens with one attached hydrogen (secondary N) is 2. The number of hydrogen-bond donors (Lipinski definition) is 2. The Morgan fingerprint density at radius 1 is 1.30 bits per heavy atom. The largest absolute Gasteiger partial charge is 0.335 e. The van der Waals surface area contributed by atoms with Crippen LogP contribution in [0.5, 0.6) is 0 Å². The van der Waals surface area contributed by atoms with Crippen molar-refractivity contribution >= 4 is 11.8 Å². The van der Waals surface area contributed by atoms with Crippen LogP contribution in [0.1, 0.15) is 49.9 Å². The van der Waals surface area contributed by atoms with Gasteiger partial charge in [-0.1, -0.05) is 19.3 Å². The first-order valence-electron chi connectivity index (χ1n) is 7.47. The zero-order valence-electron chi connectivity index (χ0n) is 12.2. The first kappa shape index (κ1) is 13.3. The maximum atomic E-state index is 12.1. The lowest BCUT2D eigenvalue weighted by Crippen LogP contribution is -2.34. The van der Waals surface area contributed by atoms with Crippen LogP contribution in [0.3, 0.4) is 0 Å². The average Bonchev–Trinajstić information content (AvgIpc) is 3.06. The van der Waals surface area contributed by atoms with Gasteiger partial charge in [0.1, 0.15) is 11.6 Å². The SMILES string of the molecule is Cc1ncc(C)c(NC(=O)NC2CC23CCCCC3)n1. The van der Waals surface area contributed by atoms with Crippen LogP contribution in [0.2, 0.25) is 0 Å². The summed E-state index contributed by atoms with van der Waals surface area (Å²) >= 11 is 0. The highest BCUT2D eigenvalue weighted by Crippen LogP contribution is 2.56. The quantitative estimate of drug-likeness (QED) is 0.871. The highest BCUT2D eigenvalue weighted by atomic mass is 16.2. The molecule has 1 heterocycles. The van der Waals surface area contributed by atoms with E-state index in [1.54, 1.807) is 6.20 Å². The Labute approximate surface area is 119 Å². The number of urea groups is 1. The van der Waals surface area contributed by atoms with Gasteiger partial charge in [0.15, 0.2) is 0 Å². The molecule has 2 aliphatic carbocycles. The minimum absolute atomic E-state index is 0.140. The fourth-order valence-corrected chi connectivity index (χ4v) is 3.32. The van der Waals surface area contributed by atoms with Crippen molar-refractivity contribution in [1.82, 2.24) is 15.3 Å². The topological polar surface area (TPSA) is 66.9 Å². The van der Waals surface area contributed by atoms with E-state index in [2.05, 4.69) is 20.6 Å². The van der Waals surface area contributed by atoms with Gasteiger partial charge in [-0.2, -0.15) is 0 Å². The van der Waals surface area contributed by atoms with E-state index < -0.39 is 0 Å². The second-order valence-electron chi connectivity index (χ2n) is 6.23. The Morgan fingerprint density at radius 3 is 2.80 bits per heavy atom. The van der Waals surface area contributed by atoms with Gasteiger partial charge in [0, 0.05) is 17.8 Å². The number of aryl methyl sites for hydroxylation is 2. The molecule has 1 unspecified atom stereocenters. The van der Waals surface area contributed by atoms with E-state index >= 15 is 0 Å². The number of anilines is 1. The van der Waals surface area contributed by atoms with E-state index in [1.165, 1.54) is 32.1 Å². The summed E-state index contributed by atoms with van der Waals surface area (Å²) in [7, 11) is 0. The minimum atomic E-state index is -0.140. The summed E-state index contributed by atoms with van der Waals surface area (Å²) in [5.74, 6) is 1.27. The molecular formula is C15H22N4O. The smallest absolute Gasteiger partial charge is 0.320 e. The van der Waals surface area contributed by atoms with E-state index in [-0.39, 0.29) is 6.03 Å². The van der Waals surface area contributed by atoms with Crippen LogP contribution in [-0.2, 0) is 0 Å². The zero-order chi connectivity index (χ0) is 14.2. The molecule has 2 saturated carbocycles. The number of carbonyl (C=O) groups is 1. The molecular weight excluding hydrogens is 252 g/mol. The Hall–Kier alpha value is -1.65. The van der Waals surface area contributed by atoms with E-state index in [0.29, 0.717) is 23.1 Å². The molecule has 2 aliphatic rings. The summed E-state index contributed by atoms with van der Waals surface area (Å²) < 4.78 is 0. The summed E-state index contributed by atoms with van der Waals surface area (Å²) in [6.07, 6.45) is 9.38. The molecule has 1 atom stereocenters. The third kappa shape index (κ3) is 2.62. The van der Waals surface area contributed by atoms with Crippen LogP contribution in [-0.4, -0.2) is 22.0 Å². The maximum Gasteiger partial charge on any atom is 0.320 e.